The Balaban J connectivity index is 1.63. The highest BCUT2D eigenvalue weighted by Gasteiger charge is 2.29. The van der Waals surface area contributed by atoms with Crippen LogP contribution in [0.3, 0.4) is 0 Å². The molecule has 1 atom stereocenters. The van der Waals surface area contributed by atoms with Crippen LogP contribution in [-0.2, 0) is 9.53 Å². The molecule has 0 bridgehead atoms. The average molecular weight is 327 g/mol. The zero-order chi connectivity index (χ0) is 17.3. The van der Waals surface area contributed by atoms with Crippen molar-refractivity contribution in [3.05, 3.63) is 35.2 Å². The Bertz CT molecular complexity index is 799. The van der Waals surface area contributed by atoms with Crippen LogP contribution in [0.1, 0.15) is 41.5 Å². The number of hydrogen-bond acceptors (Lipinski definition) is 5. The van der Waals surface area contributed by atoms with Crippen LogP contribution >= 0.6 is 0 Å². The van der Waals surface area contributed by atoms with Gasteiger partial charge in [-0.15, -0.1) is 0 Å². The van der Waals surface area contributed by atoms with Crippen molar-refractivity contribution in [3.8, 4) is 0 Å². The van der Waals surface area contributed by atoms with E-state index < -0.39 is 5.97 Å². The van der Waals surface area contributed by atoms with Crippen LogP contribution in [0.5, 0.6) is 0 Å². The lowest BCUT2D eigenvalue weighted by Gasteiger charge is -2.12. The molecule has 126 valence electrons. The number of carbonyl (C=O) groups is 2. The molecule has 3 rings (SSSR count). The van der Waals surface area contributed by atoms with E-state index in [0.717, 1.165) is 29.7 Å². The molecule has 0 aliphatic heterocycles. The molecule has 1 aromatic carbocycles. The topological polar surface area (TPSA) is 81.2 Å². The monoisotopic (exact) mass is 327 g/mol. The Morgan fingerprint density at radius 2 is 1.88 bits per heavy atom. The van der Waals surface area contributed by atoms with Gasteiger partial charge in [0.05, 0.1) is 28.0 Å². The molecule has 0 radical (unpaired) electrons. The van der Waals surface area contributed by atoms with E-state index in [1.165, 1.54) is 0 Å². The van der Waals surface area contributed by atoms with Crippen LogP contribution in [0.25, 0.3) is 11.0 Å². The molecule has 1 fully saturated rings. The summed E-state index contributed by atoms with van der Waals surface area (Å²) in [6.07, 6.45) is 2.30. The van der Waals surface area contributed by atoms with Crippen LogP contribution in [0.2, 0.25) is 0 Å². The fraction of sp³-hybridized carbons (Fsp3) is 0.444. The smallest absolute Gasteiger partial charge is 0.338 e. The Hall–Kier alpha value is -2.50. The fourth-order valence-electron chi connectivity index (χ4n) is 2.58. The first-order chi connectivity index (χ1) is 11.4. The Labute approximate surface area is 140 Å². The normalized spacial score (nSPS) is 15.1. The van der Waals surface area contributed by atoms with Crippen molar-refractivity contribution in [3.63, 3.8) is 0 Å². The van der Waals surface area contributed by atoms with E-state index in [4.69, 9.17) is 4.74 Å². The van der Waals surface area contributed by atoms with E-state index in [0.29, 0.717) is 17.0 Å². The molecule has 6 nitrogen and oxygen atoms in total. The number of rotatable bonds is 5. The third-order valence-corrected chi connectivity index (χ3v) is 4.36. The third-order valence-electron chi connectivity index (χ3n) is 4.36. The lowest BCUT2D eigenvalue weighted by atomic mass is 10.2. The molecule has 2 aromatic rings. The summed E-state index contributed by atoms with van der Waals surface area (Å²) < 4.78 is 5.09. The molecule has 1 heterocycles. The second kappa shape index (κ2) is 6.55. The quantitative estimate of drug-likeness (QED) is 0.852. The van der Waals surface area contributed by atoms with Crippen molar-refractivity contribution in [1.29, 1.82) is 0 Å². The maximum Gasteiger partial charge on any atom is 0.338 e. The van der Waals surface area contributed by atoms with Gasteiger partial charge in [-0.05, 0) is 57.7 Å². The van der Waals surface area contributed by atoms with Gasteiger partial charge in [0.1, 0.15) is 0 Å². The zero-order valence-corrected chi connectivity index (χ0v) is 14.1. The van der Waals surface area contributed by atoms with Crippen LogP contribution in [-0.4, -0.2) is 34.5 Å². The number of nitrogens with zero attached hydrogens (tertiary/aromatic N) is 2. The highest BCUT2D eigenvalue weighted by molar-refractivity contribution is 5.94. The zero-order valence-electron chi connectivity index (χ0n) is 14.1. The molecule has 0 saturated heterocycles. The fourth-order valence-corrected chi connectivity index (χ4v) is 2.58. The van der Waals surface area contributed by atoms with Crippen LogP contribution < -0.4 is 5.32 Å². The molecular weight excluding hydrogens is 306 g/mol. The number of aromatic nitrogens is 2. The number of amides is 1. The van der Waals surface area contributed by atoms with Crippen molar-refractivity contribution in [2.24, 2.45) is 5.92 Å². The second-order valence-corrected chi connectivity index (χ2v) is 6.37. The van der Waals surface area contributed by atoms with E-state index >= 15 is 0 Å². The molecule has 1 saturated carbocycles. The van der Waals surface area contributed by atoms with Gasteiger partial charge in [0.15, 0.2) is 6.61 Å². The van der Waals surface area contributed by atoms with Gasteiger partial charge >= 0.3 is 5.97 Å². The number of benzene rings is 1. The first kappa shape index (κ1) is 16.4. The first-order valence-corrected chi connectivity index (χ1v) is 8.15. The predicted molar refractivity (Wildman–Crippen MR) is 89.6 cm³/mol. The number of hydrogen-bond donors (Lipinski definition) is 1. The average Bonchev–Trinajstić information content (AvgIpc) is 3.38. The summed E-state index contributed by atoms with van der Waals surface area (Å²) in [5.41, 5.74) is 3.41. The van der Waals surface area contributed by atoms with Gasteiger partial charge in [-0.3, -0.25) is 4.79 Å². The molecule has 6 heteroatoms. The van der Waals surface area contributed by atoms with Crippen LogP contribution in [0.15, 0.2) is 18.2 Å². The van der Waals surface area contributed by atoms with Gasteiger partial charge in [-0.2, -0.15) is 0 Å². The second-order valence-electron chi connectivity index (χ2n) is 6.37. The molecule has 1 aliphatic rings. The SMILES string of the molecule is Cc1nc2ccc(C(=O)OCC(=O)N[C@@H](C)C3CC3)cc2nc1C. The minimum Gasteiger partial charge on any atom is -0.452 e. The predicted octanol–water partition coefficient (Wildman–Crippen LogP) is 2.32. The van der Waals surface area contributed by atoms with Crippen molar-refractivity contribution in [2.75, 3.05) is 6.61 Å². The Morgan fingerprint density at radius 3 is 2.54 bits per heavy atom. The molecule has 24 heavy (non-hydrogen) atoms. The number of carbonyl (C=O) groups excluding carboxylic acids is 2. The Morgan fingerprint density at radius 1 is 1.21 bits per heavy atom. The maximum absolute atomic E-state index is 12.1. The highest BCUT2D eigenvalue weighted by atomic mass is 16.5. The maximum atomic E-state index is 12.1. The summed E-state index contributed by atoms with van der Waals surface area (Å²) >= 11 is 0. The summed E-state index contributed by atoms with van der Waals surface area (Å²) in [5, 5.41) is 2.85. The Kier molecular flexibility index (Phi) is 4.46. The minimum absolute atomic E-state index is 0.137. The standard InChI is InChI=1S/C18H21N3O3/c1-10-11(2)20-16-8-14(6-7-15(16)19-10)18(23)24-9-17(22)21-12(3)13-4-5-13/h6-8,12-13H,4-5,9H2,1-3H3,(H,21,22)/t12-/m0/s1. The highest BCUT2D eigenvalue weighted by Crippen LogP contribution is 2.32. The lowest BCUT2D eigenvalue weighted by Crippen LogP contribution is -2.37. The van der Waals surface area contributed by atoms with Gasteiger partial charge in [0.2, 0.25) is 0 Å². The van der Waals surface area contributed by atoms with Crippen LogP contribution in [0, 0.1) is 19.8 Å². The summed E-state index contributed by atoms with van der Waals surface area (Å²) in [4.78, 5) is 32.8. The molecule has 1 aliphatic carbocycles. The number of nitrogens with one attached hydrogen (secondary N) is 1. The summed E-state index contributed by atoms with van der Waals surface area (Å²) in [7, 11) is 0. The third kappa shape index (κ3) is 3.69. The number of aryl methyl sites for hydroxylation is 2. The van der Waals surface area contributed by atoms with Crippen molar-refractivity contribution < 1.29 is 14.3 Å². The van der Waals surface area contributed by atoms with Gasteiger partial charge in [0, 0.05) is 6.04 Å². The van der Waals surface area contributed by atoms with Gasteiger partial charge in [-0.1, -0.05) is 0 Å². The summed E-state index contributed by atoms with van der Waals surface area (Å²) in [5.74, 6) is -0.239. The van der Waals surface area contributed by atoms with Crippen molar-refractivity contribution in [2.45, 2.75) is 39.7 Å². The largest absolute Gasteiger partial charge is 0.452 e. The summed E-state index contributed by atoms with van der Waals surface area (Å²) in [6, 6.07) is 5.15. The molecule has 1 aromatic heterocycles. The van der Waals surface area contributed by atoms with E-state index in [9.17, 15) is 9.59 Å². The molecule has 0 unspecified atom stereocenters. The lowest BCUT2D eigenvalue weighted by molar-refractivity contribution is -0.124. The molecular formula is C18H21N3O3. The van der Waals surface area contributed by atoms with Crippen molar-refractivity contribution in [1.82, 2.24) is 15.3 Å². The van der Waals surface area contributed by atoms with E-state index in [-0.39, 0.29) is 18.6 Å². The van der Waals surface area contributed by atoms with Gasteiger partial charge in [-0.25, -0.2) is 14.8 Å². The van der Waals surface area contributed by atoms with E-state index in [1.807, 2.05) is 20.8 Å². The summed E-state index contributed by atoms with van der Waals surface area (Å²) in [6.45, 7) is 5.47. The van der Waals surface area contributed by atoms with Crippen molar-refractivity contribution >= 4 is 22.9 Å². The molecule has 1 amide bonds. The number of esters is 1. The van der Waals surface area contributed by atoms with E-state index in [2.05, 4.69) is 15.3 Å². The van der Waals surface area contributed by atoms with Gasteiger partial charge < -0.3 is 10.1 Å². The number of ether oxygens (including phenoxy) is 1. The molecule has 0 spiro atoms. The van der Waals surface area contributed by atoms with Gasteiger partial charge in [0.25, 0.3) is 5.91 Å². The number of fused-ring (bicyclic) bond motifs is 1. The minimum atomic E-state index is -0.536. The first-order valence-electron chi connectivity index (χ1n) is 8.15. The molecule has 1 N–H and O–H groups in total. The van der Waals surface area contributed by atoms with Crippen LogP contribution in [0.4, 0.5) is 0 Å². The van der Waals surface area contributed by atoms with E-state index in [1.54, 1.807) is 18.2 Å².